The molecule has 1 fully saturated rings. The van der Waals surface area contributed by atoms with Crippen molar-refractivity contribution >= 4 is 29.1 Å². The second kappa shape index (κ2) is 10.6. The van der Waals surface area contributed by atoms with Crippen molar-refractivity contribution in [3.05, 3.63) is 58.9 Å². The van der Waals surface area contributed by atoms with Crippen molar-refractivity contribution in [1.82, 2.24) is 4.90 Å². The molecule has 0 saturated carbocycles. The summed E-state index contributed by atoms with van der Waals surface area (Å²) in [5, 5.41) is 0.402. The summed E-state index contributed by atoms with van der Waals surface area (Å²) < 4.78 is 19.4. The average molecular weight is 448 g/mol. The fourth-order valence-electron chi connectivity index (χ4n) is 3.94. The van der Waals surface area contributed by atoms with Crippen molar-refractivity contribution in [3.8, 4) is 5.75 Å². The molecule has 2 amide bonds. The predicted octanol–water partition coefficient (Wildman–Crippen LogP) is 3.40. The molecule has 1 saturated heterocycles. The lowest BCUT2D eigenvalue weighted by Crippen LogP contribution is -2.44. The van der Waals surface area contributed by atoms with Gasteiger partial charge in [-0.2, -0.15) is 0 Å². The van der Waals surface area contributed by atoms with E-state index in [4.69, 9.17) is 22.1 Å². The minimum Gasteiger partial charge on any atom is -0.497 e. The Labute approximate surface area is 186 Å². The van der Waals surface area contributed by atoms with E-state index in [1.54, 1.807) is 48.4 Å². The molecule has 31 heavy (non-hydrogen) atoms. The van der Waals surface area contributed by atoms with Gasteiger partial charge in [0.15, 0.2) is 0 Å². The lowest BCUT2D eigenvalue weighted by Gasteiger charge is -2.29. The second-order valence-corrected chi connectivity index (χ2v) is 8.04. The summed E-state index contributed by atoms with van der Waals surface area (Å²) in [4.78, 5) is 28.2. The first kappa shape index (κ1) is 23.0. The highest BCUT2D eigenvalue weighted by Gasteiger charge is 2.29. The Balaban J connectivity index is 1.73. The van der Waals surface area contributed by atoms with Crippen LogP contribution in [0, 0.1) is 5.82 Å². The molecular formula is C23H27ClFN3O3. The summed E-state index contributed by atoms with van der Waals surface area (Å²) in [6.07, 6.45) is 2.30. The summed E-state index contributed by atoms with van der Waals surface area (Å²) in [5.74, 6) is -0.267. The van der Waals surface area contributed by atoms with Crippen LogP contribution in [-0.4, -0.2) is 49.5 Å². The topological polar surface area (TPSA) is 75.9 Å². The van der Waals surface area contributed by atoms with Gasteiger partial charge in [0.2, 0.25) is 11.8 Å². The molecule has 0 spiro atoms. The summed E-state index contributed by atoms with van der Waals surface area (Å²) in [6, 6.07) is 11.8. The number of anilines is 1. The molecule has 8 heteroatoms. The standard InChI is InChI=1S/C23H27ClFN3O3/c1-31-18-9-7-16(8-10-18)28(13-11-22(26)29)23(30)15-27-12-3-4-17(27)14-19-20(24)5-2-6-21(19)25/h2,5-10,17H,3-4,11-15H2,1H3,(H2,26,29)/t17-/m1/s1. The number of nitrogens with zero attached hydrogens (tertiary/aromatic N) is 2. The number of methoxy groups -OCH3 is 1. The summed E-state index contributed by atoms with van der Waals surface area (Å²) in [6.45, 7) is 1.11. The molecular weight excluding hydrogens is 421 g/mol. The van der Waals surface area contributed by atoms with Crippen molar-refractivity contribution in [2.24, 2.45) is 5.73 Å². The van der Waals surface area contributed by atoms with E-state index in [2.05, 4.69) is 4.90 Å². The maximum Gasteiger partial charge on any atom is 0.241 e. The molecule has 0 aliphatic carbocycles. The maximum atomic E-state index is 14.2. The number of likely N-dealkylation sites (tertiary alicyclic amines) is 1. The number of nitrogens with two attached hydrogens (primary N) is 1. The quantitative estimate of drug-likeness (QED) is 0.639. The van der Waals surface area contributed by atoms with Crippen LogP contribution >= 0.6 is 11.6 Å². The molecule has 3 rings (SSSR count). The Kier molecular flexibility index (Phi) is 7.87. The van der Waals surface area contributed by atoms with Crippen molar-refractivity contribution < 1.29 is 18.7 Å². The molecule has 1 atom stereocenters. The Morgan fingerprint density at radius 1 is 1.26 bits per heavy atom. The third kappa shape index (κ3) is 5.95. The van der Waals surface area contributed by atoms with E-state index in [1.807, 2.05) is 0 Å². The van der Waals surface area contributed by atoms with E-state index < -0.39 is 5.91 Å². The van der Waals surface area contributed by atoms with Gasteiger partial charge >= 0.3 is 0 Å². The Hall–Kier alpha value is -2.64. The van der Waals surface area contributed by atoms with Gasteiger partial charge in [-0.05, 0) is 62.2 Å². The summed E-state index contributed by atoms with van der Waals surface area (Å²) >= 11 is 6.20. The minimum absolute atomic E-state index is 0.0206. The monoisotopic (exact) mass is 447 g/mol. The van der Waals surface area contributed by atoms with Crippen LogP contribution in [0.2, 0.25) is 5.02 Å². The number of carbonyl (C=O) groups excluding carboxylic acids is 2. The highest BCUT2D eigenvalue weighted by Crippen LogP contribution is 2.27. The SMILES string of the molecule is COc1ccc(N(CCC(N)=O)C(=O)CN2CCC[C@@H]2Cc2c(F)cccc2Cl)cc1. The maximum absolute atomic E-state index is 14.2. The molecule has 1 aliphatic heterocycles. The van der Waals surface area contributed by atoms with Crippen LogP contribution in [0.4, 0.5) is 10.1 Å². The zero-order chi connectivity index (χ0) is 22.4. The number of rotatable bonds is 9. The van der Waals surface area contributed by atoms with Crippen LogP contribution in [0.25, 0.3) is 0 Å². The molecule has 6 nitrogen and oxygen atoms in total. The lowest BCUT2D eigenvalue weighted by atomic mass is 10.0. The van der Waals surface area contributed by atoms with Crippen molar-refractivity contribution in [1.29, 1.82) is 0 Å². The van der Waals surface area contributed by atoms with Crippen molar-refractivity contribution in [2.75, 3.05) is 31.6 Å². The van der Waals surface area contributed by atoms with E-state index in [0.29, 0.717) is 28.4 Å². The molecule has 0 aromatic heterocycles. The molecule has 166 valence electrons. The van der Waals surface area contributed by atoms with Gasteiger partial charge in [0.05, 0.1) is 13.7 Å². The zero-order valence-electron chi connectivity index (χ0n) is 17.5. The van der Waals surface area contributed by atoms with Gasteiger partial charge in [-0.15, -0.1) is 0 Å². The molecule has 0 bridgehead atoms. The predicted molar refractivity (Wildman–Crippen MR) is 119 cm³/mol. The van der Waals surface area contributed by atoms with Crippen molar-refractivity contribution in [2.45, 2.75) is 31.7 Å². The molecule has 1 aliphatic rings. The molecule has 0 radical (unpaired) electrons. The molecule has 0 unspecified atom stereocenters. The average Bonchev–Trinajstić information content (AvgIpc) is 3.17. The Morgan fingerprint density at radius 2 is 2.00 bits per heavy atom. The molecule has 2 aromatic carbocycles. The highest BCUT2D eigenvalue weighted by atomic mass is 35.5. The van der Waals surface area contributed by atoms with Crippen LogP contribution in [-0.2, 0) is 16.0 Å². The Bertz CT molecular complexity index is 903. The number of halogens is 2. The van der Waals surface area contributed by atoms with Crippen molar-refractivity contribution in [3.63, 3.8) is 0 Å². The van der Waals surface area contributed by atoms with Crippen LogP contribution in [0.3, 0.4) is 0 Å². The van der Waals surface area contributed by atoms with Crippen LogP contribution in [0.5, 0.6) is 5.75 Å². The fraction of sp³-hybridized carbons (Fsp3) is 0.391. The van der Waals surface area contributed by atoms with E-state index in [9.17, 15) is 14.0 Å². The first-order valence-electron chi connectivity index (χ1n) is 10.3. The van der Waals surface area contributed by atoms with Gasteiger partial charge in [-0.25, -0.2) is 4.39 Å². The number of primary amides is 1. The number of carbonyl (C=O) groups is 2. The van der Waals surface area contributed by atoms with Gasteiger partial charge in [0.25, 0.3) is 0 Å². The van der Waals surface area contributed by atoms with Gasteiger partial charge in [-0.3, -0.25) is 14.5 Å². The number of hydrogen-bond acceptors (Lipinski definition) is 4. The second-order valence-electron chi connectivity index (χ2n) is 7.63. The zero-order valence-corrected chi connectivity index (χ0v) is 18.3. The number of benzene rings is 2. The third-order valence-corrected chi connectivity index (χ3v) is 5.96. The van der Waals surface area contributed by atoms with E-state index in [-0.39, 0.29) is 37.3 Å². The number of amides is 2. The van der Waals surface area contributed by atoms with Gasteiger partial charge in [-0.1, -0.05) is 17.7 Å². The Morgan fingerprint density at radius 3 is 2.65 bits per heavy atom. The molecule has 2 aromatic rings. The first-order chi connectivity index (χ1) is 14.9. The van der Waals surface area contributed by atoms with Gasteiger partial charge in [0.1, 0.15) is 11.6 Å². The fourth-order valence-corrected chi connectivity index (χ4v) is 4.18. The normalized spacial score (nSPS) is 16.3. The lowest BCUT2D eigenvalue weighted by molar-refractivity contribution is -0.120. The summed E-state index contributed by atoms with van der Waals surface area (Å²) in [5.41, 5.74) is 6.46. The first-order valence-corrected chi connectivity index (χ1v) is 10.7. The minimum atomic E-state index is -0.473. The van der Waals surface area contributed by atoms with E-state index in [1.165, 1.54) is 6.07 Å². The molecule has 1 heterocycles. The van der Waals surface area contributed by atoms with Crippen LogP contribution in [0.1, 0.15) is 24.8 Å². The number of ether oxygens (including phenoxy) is 1. The molecule has 2 N–H and O–H groups in total. The van der Waals surface area contributed by atoms with Gasteiger partial charge < -0.3 is 15.4 Å². The summed E-state index contributed by atoms with van der Waals surface area (Å²) in [7, 11) is 1.57. The van der Waals surface area contributed by atoms with Crippen LogP contribution in [0.15, 0.2) is 42.5 Å². The number of hydrogen-bond donors (Lipinski definition) is 1. The highest BCUT2D eigenvalue weighted by molar-refractivity contribution is 6.31. The third-order valence-electron chi connectivity index (χ3n) is 5.61. The van der Waals surface area contributed by atoms with E-state index in [0.717, 1.165) is 19.4 Å². The van der Waals surface area contributed by atoms with Gasteiger partial charge in [0, 0.05) is 35.3 Å². The largest absolute Gasteiger partial charge is 0.497 e. The van der Waals surface area contributed by atoms with Crippen LogP contribution < -0.4 is 15.4 Å². The smallest absolute Gasteiger partial charge is 0.241 e. The van der Waals surface area contributed by atoms with E-state index >= 15 is 0 Å².